The molecule has 0 unspecified atom stereocenters. The van der Waals surface area contributed by atoms with E-state index in [9.17, 15) is 26.7 Å². The molecule has 1 heterocycles. The summed E-state index contributed by atoms with van der Waals surface area (Å²) >= 11 is 0. The number of rotatable bonds is 10. The predicted octanol–water partition coefficient (Wildman–Crippen LogP) is 4.82. The van der Waals surface area contributed by atoms with Crippen molar-refractivity contribution in [2.24, 2.45) is 0 Å². The van der Waals surface area contributed by atoms with Crippen LogP contribution in [-0.2, 0) is 22.6 Å². The maximum Gasteiger partial charge on any atom is 0.490 e. The SMILES string of the molecule is COCCCOc1ccc(CNC(=O)N(Cc2ccc(F)cc2F)C2CCN(C)CC2)cc1.O=C(O)C(F)(F)F. The van der Waals surface area contributed by atoms with Gasteiger partial charge >= 0.3 is 18.2 Å². The Hall–Kier alpha value is -3.45. The quantitative estimate of drug-likeness (QED) is 0.312. The van der Waals surface area contributed by atoms with Gasteiger partial charge in [0.2, 0.25) is 0 Å². The largest absolute Gasteiger partial charge is 0.494 e. The molecule has 2 N–H and O–H groups in total. The average molecular weight is 576 g/mol. The molecule has 2 aromatic rings. The third kappa shape index (κ3) is 11.3. The van der Waals surface area contributed by atoms with Gasteiger partial charge in [-0.3, -0.25) is 0 Å². The van der Waals surface area contributed by atoms with E-state index in [4.69, 9.17) is 19.4 Å². The molecule has 0 saturated carbocycles. The first-order valence-electron chi connectivity index (χ1n) is 12.6. The van der Waals surface area contributed by atoms with Crippen molar-refractivity contribution in [2.45, 2.75) is 44.6 Å². The summed E-state index contributed by atoms with van der Waals surface area (Å²) in [5.41, 5.74) is 1.24. The van der Waals surface area contributed by atoms with Gasteiger partial charge in [-0.15, -0.1) is 0 Å². The Labute approximate surface area is 229 Å². The number of carboxylic acids is 1. The van der Waals surface area contributed by atoms with Crippen molar-refractivity contribution in [1.82, 2.24) is 15.1 Å². The van der Waals surface area contributed by atoms with Crippen molar-refractivity contribution in [2.75, 3.05) is 40.5 Å². The molecular formula is C27H34F5N3O5. The topological polar surface area (TPSA) is 91.3 Å². The number of carbonyl (C=O) groups excluding carboxylic acids is 1. The average Bonchev–Trinajstić information content (AvgIpc) is 2.90. The molecule has 1 fully saturated rings. The maximum atomic E-state index is 14.3. The second-order valence-electron chi connectivity index (χ2n) is 9.20. The van der Waals surface area contributed by atoms with Crippen molar-refractivity contribution in [3.8, 4) is 5.75 Å². The number of ether oxygens (including phenoxy) is 2. The molecule has 0 radical (unpaired) electrons. The minimum Gasteiger partial charge on any atom is -0.494 e. The first kappa shape index (κ1) is 32.8. The zero-order chi connectivity index (χ0) is 29.7. The molecule has 2 aromatic carbocycles. The fourth-order valence-electron chi connectivity index (χ4n) is 3.88. The molecule has 8 nitrogen and oxygen atoms in total. The maximum absolute atomic E-state index is 14.3. The molecule has 13 heteroatoms. The van der Waals surface area contributed by atoms with Crippen LogP contribution in [0.2, 0.25) is 0 Å². The summed E-state index contributed by atoms with van der Waals surface area (Å²) in [6.07, 6.45) is -2.65. The number of halogens is 5. The van der Waals surface area contributed by atoms with E-state index in [1.165, 1.54) is 12.1 Å². The Bertz CT molecular complexity index is 1080. The molecule has 0 spiro atoms. The highest BCUT2D eigenvalue weighted by atomic mass is 19.4. The number of carboxylic acid groups (broad SMARTS) is 1. The number of aliphatic carboxylic acids is 1. The molecule has 0 bridgehead atoms. The summed E-state index contributed by atoms with van der Waals surface area (Å²) in [5.74, 6) is -3.26. The second kappa shape index (κ2) is 16.0. The number of hydrogen-bond donors (Lipinski definition) is 2. The number of methoxy groups -OCH3 is 1. The number of amides is 2. The number of nitrogens with zero attached hydrogens (tertiary/aromatic N) is 2. The summed E-state index contributed by atoms with van der Waals surface area (Å²) in [7, 11) is 3.71. The first-order valence-corrected chi connectivity index (χ1v) is 12.6. The van der Waals surface area contributed by atoms with Gasteiger partial charge < -0.3 is 29.7 Å². The van der Waals surface area contributed by atoms with E-state index in [-0.39, 0.29) is 18.6 Å². The molecule has 0 aliphatic carbocycles. The molecule has 3 rings (SSSR count). The minimum atomic E-state index is -5.08. The summed E-state index contributed by atoms with van der Waals surface area (Å²) < 4.78 is 70.0. The lowest BCUT2D eigenvalue weighted by Gasteiger charge is -2.37. The van der Waals surface area contributed by atoms with E-state index in [1.54, 1.807) is 12.0 Å². The van der Waals surface area contributed by atoms with E-state index in [0.717, 1.165) is 49.7 Å². The predicted molar refractivity (Wildman–Crippen MR) is 137 cm³/mol. The lowest BCUT2D eigenvalue weighted by molar-refractivity contribution is -0.192. The van der Waals surface area contributed by atoms with Gasteiger partial charge in [0.05, 0.1) is 13.2 Å². The number of carbonyl (C=O) groups is 2. The van der Waals surface area contributed by atoms with Crippen LogP contribution in [0.25, 0.3) is 0 Å². The van der Waals surface area contributed by atoms with Crippen molar-refractivity contribution in [3.63, 3.8) is 0 Å². The lowest BCUT2D eigenvalue weighted by Crippen LogP contribution is -2.49. The molecule has 1 aliphatic rings. The van der Waals surface area contributed by atoms with Crippen LogP contribution in [0.4, 0.5) is 26.7 Å². The molecule has 2 amide bonds. The number of alkyl halides is 3. The molecule has 222 valence electrons. The van der Waals surface area contributed by atoms with Gasteiger partial charge in [0.1, 0.15) is 17.4 Å². The van der Waals surface area contributed by atoms with Crippen molar-refractivity contribution < 1.29 is 46.1 Å². The number of hydrogen-bond acceptors (Lipinski definition) is 5. The number of likely N-dealkylation sites (tertiary alicyclic amines) is 1. The molecule has 0 aromatic heterocycles. The van der Waals surface area contributed by atoms with Crippen LogP contribution in [0.3, 0.4) is 0 Å². The van der Waals surface area contributed by atoms with Gasteiger partial charge in [-0.05, 0) is 56.7 Å². The van der Waals surface area contributed by atoms with E-state index in [2.05, 4.69) is 10.2 Å². The fraction of sp³-hybridized carbons (Fsp3) is 0.481. The Morgan fingerprint density at radius 2 is 1.70 bits per heavy atom. The minimum absolute atomic E-state index is 0.00599. The van der Waals surface area contributed by atoms with Gasteiger partial charge in [-0.2, -0.15) is 13.2 Å². The molecule has 1 aliphatic heterocycles. The highest BCUT2D eigenvalue weighted by Crippen LogP contribution is 2.21. The Kier molecular flexibility index (Phi) is 13.1. The molecule has 40 heavy (non-hydrogen) atoms. The molecular weight excluding hydrogens is 541 g/mol. The summed E-state index contributed by atoms with van der Waals surface area (Å²) in [6, 6.07) is 10.8. The third-order valence-electron chi connectivity index (χ3n) is 6.12. The highest BCUT2D eigenvalue weighted by molar-refractivity contribution is 5.74. The summed E-state index contributed by atoms with van der Waals surface area (Å²) in [4.78, 5) is 25.9. The Morgan fingerprint density at radius 3 is 2.25 bits per heavy atom. The van der Waals surface area contributed by atoms with Crippen LogP contribution in [0.15, 0.2) is 42.5 Å². The summed E-state index contributed by atoms with van der Waals surface area (Å²) in [6.45, 7) is 3.41. The van der Waals surface area contributed by atoms with E-state index in [1.807, 2.05) is 31.3 Å². The number of benzene rings is 2. The van der Waals surface area contributed by atoms with Crippen LogP contribution < -0.4 is 10.1 Å². The van der Waals surface area contributed by atoms with E-state index < -0.39 is 23.8 Å². The van der Waals surface area contributed by atoms with Crippen LogP contribution in [0, 0.1) is 11.6 Å². The van der Waals surface area contributed by atoms with Crippen molar-refractivity contribution in [1.29, 1.82) is 0 Å². The van der Waals surface area contributed by atoms with Gasteiger partial charge in [-0.1, -0.05) is 18.2 Å². The van der Waals surface area contributed by atoms with Crippen molar-refractivity contribution >= 4 is 12.0 Å². The molecule has 0 atom stereocenters. The summed E-state index contributed by atoms with van der Waals surface area (Å²) in [5, 5.41) is 10.1. The number of piperidine rings is 1. The highest BCUT2D eigenvalue weighted by Gasteiger charge is 2.38. The zero-order valence-corrected chi connectivity index (χ0v) is 22.3. The number of nitrogens with one attached hydrogen (secondary N) is 1. The van der Waals surface area contributed by atoms with Crippen LogP contribution in [0.5, 0.6) is 5.75 Å². The fourth-order valence-corrected chi connectivity index (χ4v) is 3.88. The Balaban J connectivity index is 0.000000708. The standard InChI is InChI=1S/C25H33F2N3O3.C2HF3O2/c1-29-12-10-22(11-13-29)30(18-20-6-7-21(26)16-24(20)27)25(31)28-17-19-4-8-23(9-5-19)33-15-3-14-32-2;3-2(4,5)1(6)7/h4-9,16,22H,3,10-15,17-18H2,1-2H3,(H,28,31);(H,6,7). The second-order valence-corrected chi connectivity index (χ2v) is 9.20. The monoisotopic (exact) mass is 575 g/mol. The van der Waals surface area contributed by atoms with Gasteiger partial charge in [0.25, 0.3) is 0 Å². The van der Waals surface area contributed by atoms with E-state index in [0.29, 0.717) is 25.3 Å². The first-order chi connectivity index (χ1) is 18.9. The van der Waals surface area contributed by atoms with Crippen LogP contribution in [-0.4, -0.2) is 79.6 Å². The van der Waals surface area contributed by atoms with Gasteiger partial charge in [0, 0.05) is 44.4 Å². The zero-order valence-electron chi connectivity index (χ0n) is 22.3. The number of urea groups is 1. The normalized spacial score (nSPS) is 14.2. The third-order valence-corrected chi connectivity index (χ3v) is 6.12. The van der Waals surface area contributed by atoms with Gasteiger partial charge in [-0.25, -0.2) is 18.4 Å². The Morgan fingerprint density at radius 1 is 1.07 bits per heavy atom. The van der Waals surface area contributed by atoms with E-state index >= 15 is 0 Å². The van der Waals surface area contributed by atoms with Crippen molar-refractivity contribution in [3.05, 3.63) is 65.2 Å². The smallest absolute Gasteiger partial charge is 0.490 e. The van der Waals surface area contributed by atoms with Crippen LogP contribution >= 0.6 is 0 Å². The molecule has 1 saturated heterocycles. The lowest BCUT2D eigenvalue weighted by atomic mass is 10.0. The van der Waals surface area contributed by atoms with Gasteiger partial charge in [0.15, 0.2) is 0 Å². The van der Waals surface area contributed by atoms with Crippen LogP contribution in [0.1, 0.15) is 30.4 Å².